The maximum absolute atomic E-state index is 11.2. The van der Waals surface area contributed by atoms with Crippen LogP contribution in [0.3, 0.4) is 0 Å². The van der Waals surface area contributed by atoms with E-state index in [1.165, 1.54) is 7.11 Å². The highest BCUT2D eigenvalue weighted by molar-refractivity contribution is 5.89. The average Bonchev–Trinajstić information content (AvgIpc) is 2.60. The zero-order chi connectivity index (χ0) is 9.26. The van der Waals surface area contributed by atoms with Crippen molar-refractivity contribution in [1.82, 2.24) is 16.0 Å². The summed E-state index contributed by atoms with van der Waals surface area (Å²) >= 11 is 0. The first-order valence-electron chi connectivity index (χ1n) is 3.81. The molecule has 2 rings (SSSR count). The van der Waals surface area contributed by atoms with Crippen molar-refractivity contribution in [3.8, 4) is 0 Å². The van der Waals surface area contributed by atoms with Gasteiger partial charge in [-0.25, -0.2) is 4.79 Å². The van der Waals surface area contributed by atoms with E-state index in [0.29, 0.717) is 5.70 Å². The van der Waals surface area contributed by atoms with Crippen LogP contribution in [-0.4, -0.2) is 18.1 Å². The summed E-state index contributed by atoms with van der Waals surface area (Å²) in [6, 6.07) is 0. The summed E-state index contributed by atoms with van der Waals surface area (Å²) in [4.78, 5) is 11.2. The molecule has 68 valence electrons. The number of carbonyl (C=O) groups excluding carboxylic acids is 1. The van der Waals surface area contributed by atoms with Gasteiger partial charge in [-0.15, -0.1) is 5.53 Å². The van der Waals surface area contributed by atoms with Crippen molar-refractivity contribution in [1.29, 1.82) is 0 Å². The van der Waals surface area contributed by atoms with Crippen LogP contribution in [-0.2, 0) is 9.53 Å². The molecular weight excluding hydrogens is 170 g/mol. The molecule has 0 atom stereocenters. The van der Waals surface area contributed by atoms with Crippen molar-refractivity contribution < 1.29 is 9.53 Å². The highest BCUT2D eigenvalue weighted by Gasteiger charge is 2.25. The molecule has 2 aliphatic heterocycles. The maximum Gasteiger partial charge on any atom is 0.357 e. The SMILES string of the molecule is COC(=O)C1=C2C=CC=CN2NN1. The lowest BCUT2D eigenvalue weighted by Gasteiger charge is -2.15. The molecule has 0 aliphatic carbocycles. The third-order valence-corrected chi connectivity index (χ3v) is 1.81. The Hall–Kier alpha value is -1.75. The molecule has 0 spiro atoms. The minimum atomic E-state index is -0.384. The first-order valence-corrected chi connectivity index (χ1v) is 3.81. The Bertz CT molecular complexity index is 330. The molecule has 0 aromatic rings. The van der Waals surface area contributed by atoms with Gasteiger partial charge in [-0.1, -0.05) is 6.08 Å². The number of nitrogens with zero attached hydrogens (tertiary/aromatic N) is 1. The Balaban J connectivity index is 2.33. The third-order valence-electron chi connectivity index (χ3n) is 1.81. The Morgan fingerprint density at radius 1 is 1.54 bits per heavy atom. The Morgan fingerprint density at radius 2 is 2.38 bits per heavy atom. The fourth-order valence-electron chi connectivity index (χ4n) is 1.18. The smallest absolute Gasteiger partial charge is 0.357 e. The lowest BCUT2D eigenvalue weighted by molar-refractivity contribution is -0.136. The minimum absolute atomic E-state index is 0.384. The van der Waals surface area contributed by atoms with E-state index in [9.17, 15) is 4.79 Å². The fourth-order valence-corrected chi connectivity index (χ4v) is 1.18. The van der Waals surface area contributed by atoms with Gasteiger partial charge in [0.25, 0.3) is 0 Å². The number of carbonyl (C=O) groups is 1. The first-order chi connectivity index (χ1) is 6.33. The molecule has 2 N–H and O–H groups in total. The molecule has 0 unspecified atom stereocenters. The predicted molar refractivity (Wildman–Crippen MR) is 45.4 cm³/mol. The highest BCUT2D eigenvalue weighted by Crippen LogP contribution is 2.17. The van der Waals surface area contributed by atoms with Crippen LogP contribution in [0.1, 0.15) is 0 Å². The molecule has 5 nitrogen and oxygen atoms in total. The molecule has 2 heterocycles. The molecular formula is C8H9N3O2. The molecule has 13 heavy (non-hydrogen) atoms. The van der Waals surface area contributed by atoms with E-state index >= 15 is 0 Å². The summed E-state index contributed by atoms with van der Waals surface area (Å²) in [5.41, 5.74) is 6.70. The van der Waals surface area contributed by atoms with E-state index in [4.69, 9.17) is 0 Å². The molecule has 0 fully saturated rings. The number of hydrogen-bond donors (Lipinski definition) is 2. The van der Waals surface area contributed by atoms with Crippen LogP contribution in [0.25, 0.3) is 0 Å². The molecule has 0 amide bonds. The van der Waals surface area contributed by atoms with E-state index in [-0.39, 0.29) is 5.97 Å². The van der Waals surface area contributed by atoms with Gasteiger partial charge in [0.15, 0.2) is 5.70 Å². The quantitative estimate of drug-likeness (QED) is 0.545. The summed E-state index contributed by atoms with van der Waals surface area (Å²) in [6.07, 6.45) is 7.33. The number of nitrogens with one attached hydrogen (secondary N) is 2. The van der Waals surface area contributed by atoms with Crippen molar-refractivity contribution in [2.75, 3.05) is 7.11 Å². The van der Waals surface area contributed by atoms with Gasteiger partial charge in [-0.05, 0) is 12.2 Å². The number of allylic oxidation sites excluding steroid dienone is 3. The van der Waals surface area contributed by atoms with Crippen molar-refractivity contribution in [3.05, 3.63) is 35.8 Å². The van der Waals surface area contributed by atoms with Crippen LogP contribution in [0, 0.1) is 0 Å². The molecule has 2 aliphatic rings. The predicted octanol–water partition coefficient (Wildman–Crippen LogP) is -0.221. The van der Waals surface area contributed by atoms with Gasteiger partial charge in [0, 0.05) is 6.20 Å². The minimum Gasteiger partial charge on any atom is -0.464 e. The largest absolute Gasteiger partial charge is 0.464 e. The fraction of sp³-hybridized carbons (Fsp3) is 0.125. The molecule has 0 bridgehead atoms. The van der Waals surface area contributed by atoms with Crippen LogP contribution in [0.5, 0.6) is 0 Å². The second-order valence-electron chi connectivity index (χ2n) is 2.56. The van der Waals surface area contributed by atoms with Crippen molar-refractivity contribution in [2.45, 2.75) is 0 Å². The van der Waals surface area contributed by atoms with Crippen LogP contribution in [0.2, 0.25) is 0 Å². The Labute approximate surface area is 75.3 Å². The summed E-state index contributed by atoms with van der Waals surface area (Å²) in [6.45, 7) is 0. The number of methoxy groups -OCH3 is 1. The highest BCUT2D eigenvalue weighted by atomic mass is 16.5. The van der Waals surface area contributed by atoms with Gasteiger partial charge in [0.2, 0.25) is 0 Å². The summed E-state index contributed by atoms with van der Waals surface area (Å²) < 4.78 is 4.60. The van der Waals surface area contributed by atoms with Crippen LogP contribution in [0.4, 0.5) is 0 Å². The lowest BCUT2D eigenvalue weighted by Crippen LogP contribution is -2.35. The van der Waals surface area contributed by atoms with Gasteiger partial charge < -0.3 is 4.74 Å². The maximum atomic E-state index is 11.2. The second-order valence-corrected chi connectivity index (χ2v) is 2.56. The van der Waals surface area contributed by atoms with Gasteiger partial charge in [-0.3, -0.25) is 10.4 Å². The van der Waals surface area contributed by atoms with E-state index in [1.54, 1.807) is 11.2 Å². The number of hydrazine groups is 2. The first kappa shape index (κ1) is 7.88. The standard InChI is InChI=1S/C8H9N3O2/c1-13-8(12)7-6-4-2-3-5-11(6)10-9-7/h2-5,9-10H,1H3. The van der Waals surface area contributed by atoms with Crippen molar-refractivity contribution in [2.24, 2.45) is 0 Å². The molecule has 0 radical (unpaired) electrons. The molecule has 5 heteroatoms. The zero-order valence-electron chi connectivity index (χ0n) is 7.07. The molecule has 0 saturated carbocycles. The number of esters is 1. The van der Waals surface area contributed by atoms with Gasteiger partial charge in [0.05, 0.1) is 12.8 Å². The third kappa shape index (κ3) is 1.19. The summed E-state index contributed by atoms with van der Waals surface area (Å²) in [5, 5.41) is 1.70. The number of rotatable bonds is 1. The topological polar surface area (TPSA) is 53.6 Å². The van der Waals surface area contributed by atoms with E-state index in [1.807, 2.05) is 18.2 Å². The van der Waals surface area contributed by atoms with Crippen LogP contribution < -0.4 is 11.0 Å². The van der Waals surface area contributed by atoms with Crippen LogP contribution in [0.15, 0.2) is 35.8 Å². The monoisotopic (exact) mass is 179 g/mol. The molecule has 0 aromatic carbocycles. The Morgan fingerprint density at radius 3 is 3.15 bits per heavy atom. The zero-order valence-corrected chi connectivity index (χ0v) is 7.07. The molecule has 0 aromatic heterocycles. The van der Waals surface area contributed by atoms with Crippen molar-refractivity contribution in [3.63, 3.8) is 0 Å². The van der Waals surface area contributed by atoms with E-state index in [2.05, 4.69) is 15.7 Å². The summed E-state index contributed by atoms with van der Waals surface area (Å²) in [5.74, 6) is -0.384. The lowest BCUT2D eigenvalue weighted by atomic mass is 10.2. The number of hydrogen-bond acceptors (Lipinski definition) is 5. The number of fused-ring (bicyclic) bond motifs is 1. The average molecular weight is 179 g/mol. The van der Waals surface area contributed by atoms with Crippen LogP contribution >= 0.6 is 0 Å². The normalized spacial score (nSPS) is 18.7. The van der Waals surface area contributed by atoms with E-state index in [0.717, 1.165) is 5.70 Å². The number of ether oxygens (including phenoxy) is 1. The Kier molecular flexibility index (Phi) is 1.79. The summed E-state index contributed by atoms with van der Waals surface area (Å²) in [7, 11) is 1.35. The van der Waals surface area contributed by atoms with E-state index < -0.39 is 0 Å². The van der Waals surface area contributed by atoms with Gasteiger partial charge >= 0.3 is 5.97 Å². The second kappa shape index (κ2) is 2.95. The van der Waals surface area contributed by atoms with Crippen molar-refractivity contribution >= 4 is 5.97 Å². The molecule has 0 saturated heterocycles. The van der Waals surface area contributed by atoms with Gasteiger partial charge in [-0.2, -0.15) is 0 Å². The van der Waals surface area contributed by atoms with Gasteiger partial charge in [0.1, 0.15) is 0 Å².